The Morgan fingerprint density at radius 1 is 0.684 bits per heavy atom. The smallest absolute Gasteiger partial charge is 0.411 e. The molecule has 0 aliphatic rings. The maximum atomic E-state index is 8.22. The van der Waals surface area contributed by atoms with Gasteiger partial charge in [0.05, 0.1) is 0 Å². The Morgan fingerprint density at radius 2 is 0.842 bits per heavy atom. The molecule has 0 bridgehead atoms. The molecule has 2 N–H and O–H groups in total. The van der Waals surface area contributed by atoms with E-state index in [2.05, 4.69) is 0 Å². The average molecular weight is 317 g/mol. The Labute approximate surface area is 120 Å². The summed E-state index contributed by atoms with van der Waals surface area (Å²) >= 11 is 0. The quantitative estimate of drug-likeness (QED) is 0.666. The Balaban J connectivity index is -0.000000366. The Morgan fingerprint density at radius 3 is 0.947 bits per heavy atom. The highest BCUT2D eigenvalue weighted by molar-refractivity contribution is 6.61. The van der Waals surface area contributed by atoms with E-state index in [4.69, 9.17) is 27.3 Å². The molecule has 0 fully saturated rings. The highest BCUT2D eigenvalue weighted by Crippen LogP contribution is 2.11. The van der Waals surface area contributed by atoms with Gasteiger partial charge in [-0.05, 0) is 40.8 Å². The van der Waals surface area contributed by atoms with Crippen LogP contribution >= 0.6 is 0 Å². The fourth-order valence-corrected chi connectivity index (χ4v) is 2.87. The van der Waals surface area contributed by atoms with Crippen molar-refractivity contribution in [3.05, 3.63) is 0 Å². The van der Waals surface area contributed by atoms with Crippen molar-refractivity contribution < 1.29 is 27.3 Å². The summed E-state index contributed by atoms with van der Waals surface area (Å²) < 4.78 is 21.7. The highest BCUT2D eigenvalue weighted by Gasteiger charge is 2.44. The van der Waals surface area contributed by atoms with Crippen molar-refractivity contribution in [1.29, 1.82) is 0 Å². The Bertz CT molecular complexity index is 151. The summed E-state index contributed by atoms with van der Waals surface area (Å²) in [5, 5.41) is 0. The molecule has 0 heterocycles. The SMILES string of the molecule is C.CCO[Si](OCC)(OCC)OCC.C[Si](C)(O)O. The fraction of sp³-hybridized carbons (Fsp3) is 1.00. The lowest BCUT2D eigenvalue weighted by atomic mass is 10.9. The van der Waals surface area contributed by atoms with Crippen molar-refractivity contribution in [2.75, 3.05) is 26.4 Å². The molecule has 0 aromatic heterocycles. The van der Waals surface area contributed by atoms with E-state index in [0.717, 1.165) is 0 Å². The molecule has 0 atom stereocenters. The van der Waals surface area contributed by atoms with E-state index in [1.54, 1.807) is 0 Å². The molecular weight excluding hydrogens is 284 g/mol. The molecule has 0 spiro atoms. The molecule has 120 valence electrons. The first-order valence-electron chi connectivity index (χ1n) is 6.25. The van der Waals surface area contributed by atoms with Gasteiger partial charge in [0.15, 0.2) is 0 Å². The van der Waals surface area contributed by atoms with Crippen LogP contribution in [0.2, 0.25) is 13.1 Å². The summed E-state index contributed by atoms with van der Waals surface area (Å²) in [6.45, 7) is 12.7. The van der Waals surface area contributed by atoms with Crippen LogP contribution in [-0.2, 0) is 17.7 Å². The standard InChI is InChI=1S/C8H20O4Si.C2H8O2Si.CH4/c1-5-9-13(10-6-2,11-7-3)12-8-4;1-5(2,3)4;/h5-8H2,1-4H3;3-4H,1-2H3;1H4. The monoisotopic (exact) mass is 316 g/mol. The molecular formula is C11H32O6Si2. The Kier molecular flexibility index (Phi) is 16.8. The molecule has 8 heteroatoms. The second kappa shape index (κ2) is 13.2. The lowest BCUT2D eigenvalue weighted by Gasteiger charge is -2.26. The normalized spacial score (nSPS) is 11.4. The van der Waals surface area contributed by atoms with Crippen LogP contribution in [-0.4, -0.2) is 53.6 Å². The molecule has 0 saturated heterocycles. The largest absolute Gasteiger partial charge is 0.679 e. The zero-order valence-electron chi connectivity index (χ0n) is 12.4. The van der Waals surface area contributed by atoms with Gasteiger partial charge >= 0.3 is 17.6 Å². The zero-order chi connectivity index (χ0) is 14.7. The summed E-state index contributed by atoms with van der Waals surface area (Å²) in [6, 6.07) is 0. The second-order valence-electron chi connectivity index (χ2n) is 3.73. The minimum atomic E-state index is -2.80. The minimum absolute atomic E-state index is 0. The van der Waals surface area contributed by atoms with Crippen molar-refractivity contribution >= 4 is 17.6 Å². The van der Waals surface area contributed by atoms with Crippen LogP contribution in [0.3, 0.4) is 0 Å². The Hall–Kier alpha value is 0.194. The summed E-state index contributed by atoms with van der Waals surface area (Å²) in [5.41, 5.74) is 0. The van der Waals surface area contributed by atoms with Crippen LogP contribution < -0.4 is 0 Å². The number of hydrogen-bond donors (Lipinski definition) is 2. The van der Waals surface area contributed by atoms with Crippen molar-refractivity contribution in [1.82, 2.24) is 0 Å². The second-order valence-corrected chi connectivity index (χ2v) is 8.87. The third-order valence-electron chi connectivity index (χ3n) is 1.28. The molecule has 0 aromatic carbocycles. The van der Waals surface area contributed by atoms with Crippen molar-refractivity contribution in [3.8, 4) is 0 Å². The predicted octanol–water partition coefficient (Wildman–Crippen LogP) is 1.88. The minimum Gasteiger partial charge on any atom is -0.411 e. The summed E-state index contributed by atoms with van der Waals surface area (Å²) in [5.74, 6) is 0. The van der Waals surface area contributed by atoms with Crippen LogP contribution in [0.25, 0.3) is 0 Å². The van der Waals surface area contributed by atoms with Crippen molar-refractivity contribution in [2.24, 2.45) is 0 Å². The van der Waals surface area contributed by atoms with Gasteiger partial charge in [-0.25, -0.2) is 0 Å². The van der Waals surface area contributed by atoms with Crippen molar-refractivity contribution in [2.45, 2.75) is 48.2 Å². The van der Waals surface area contributed by atoms with E-state index < -0.39 is 17.6 Å². The molecule has 0 saturated carbocycles. The first-order valence-corrected chi connectivity index (χ1v) is 10.8. The predicted molar refractivity (Wildman–Crippen MR) is 80.9 cm³/mol. The summed E-state index contributed by atoms with van der Waals surface area (Å²) in [7, 11) is -5.41. The average Bonchev–Trinajstić information content (AvgIpc) is 2.16. The van der Waals surface area contributed by atoms with Gasteiger partial charge in [-0.3, -0.25) is 0 Å². The van der Waals surface area contributed by atoms with E-state index in [1.165, 1.54) is 13.1 Å². The lowest BCUT2D eigenvalue weighted by molar-refractivity contribution is -0.0247. The first kappa shape index (κ1) is 24.2. The van der Waals surface area contributed by atoms with Gasteiger partial charge in [0, 0.05) is 26.4 Å². The van der Waals surface area contributed by atoms with Gasteiger partial charge in [-0.15, -0.1) is 0 Å². The third-order valence-corrected chi connectivity index (χ3v) is 3.85. The van der Waals surface area contributed by atoms with Crippen LogP contribution in [0, 0.1) is 0 Å². The van der Waals surface area contributed by atoms with Gasteiger partial charge in [-0.2, -0.15) is 0 Å². The molecule has 0 rings (SSSR count). The maximum Gasteiger partial charge on any atom is 0.679 e. The van der Waals surface area contributed by atoms with E-state index >= 15 is 0 Å². The first-order chi connectivity index (χ1) is 8.24. The molecule has 0 aromatic rings. The summed E-state index contributed by atoms with van der Waals surface area (Å²) in [6.07, 6.45) is 0. The molecule has 0 aliphatic heterocycles. The van der Waals surface area contributed by atoms with Gasteiger partial charge in [0.1, 0.15) is 0 Å². The highest BCUT2D eigenvalue weighted by atomic mass is 28.4. The van der Waals surface area contributed by atoms with Gasteiger partial charge in [0.25, 0.3) is 0 Å². The lowest BCUT2D eigenvalue weighted by Crippen LogP contribution is -2.49. The van der Waals surface area contributed by atoms with E-state index in [9.17, 15) is 0 Å². The van der Waals surface area contributed by atoms with E-state index in [1.807, 2.05) is 27.7 Å². The van der Waals surface area contributed by atoms with Crippen LogP contribution in [0.1, 0.15) is 35.1 Å². The van der Waals surface area contributed by atoms with Gasteiger partial charge in [-0.1, -0.05) is 7.43 Å². The van der Waals surface area contributed by atoms with Crippen LogP contribution in [0.5, 0.6) is 0 Å². The van der Waals surface area contributed by atoms with E-state index in [-0.39, 0.29) is 7.43 Å². The molecule has 19 heavy (non-hydrogen) atoms. The molecule has 0 unspecified atom stereocenters. The third kappa shape index (κ3) is 18.2. The fourth-order valence-electron chi connectivity index (χ4n) is 0.957. The summed E-state index contributed by atoms with van der Waals surface area (Å²) in [4.78, 5) is 16.4. The molecule has 0 aliphatic carbocycles. The number of rotatable bonds is 8. The molecule has 0 radical (unpaired) electrons. The molecule has 0 amide bonds. The van der Waals surface area contributed by atoms with E-state index in [0.29, 0.717) is 26.4 Å². The zero-order valence-corrected chi connectivity index (χ0v) is 14.4. The van der Waals surface area contributed by atoms with Gasteiger partial charge < -0.3 is 27.3 Å². The number of hydrogen-bond acceptors (Lipinski definition) is 6. The van der Waals surface area contributed by atoms with Crippen LogP contribution in [0.15, 0.2) is 0 Å². The van der Waals surface area contributed by atoms with Crippen LogP contribution in [0.4, 0.5) is 0 Å². The topological polar surface area (TPSA) is 77.4 Å². The maximum absolute atomic E-state index is 8.22. The van der Waals surface area contributed by atoms with Crippen molar-refractivity contribution in [3.63, 3.8) is 0 Å². The van der Waals surface area contributed by atoms with Gasteiger partial charge in [0.2, 0.25) is 0 Å². The molecule has 6 nitrogen and oxygen atoms in total.